The predicted molar refractivity (Wildman–Crippen MR) is 37.0 cm³/mol. The van der Waals surface area contributed by atoms with Gasteiger partial charge in [-0.25, -0.2) is 0 Å². The van der Waals surface area contributed by atoms with Crippen molar-refractivity contribution in [1.82, 2.24) is 5.32 Å². The lowest BCUT2D eigenvalue weighted by Gasteiger charge is -1.81. The highest BCUT2D eigenvalue weighted by Crippen LogP contribution is 1.78. The summed E-state index contributed by atoms with van der Waals surface area (Å²) in [7, 11) is 2.59. The van der Waals surface area contributed by atoms with E-state index in [1.165, 1.54) is 0 Å². The highest BCUT2D eigenvalue weighted by Gasteiger charge is 1.59. The van der Waals surface area contributed by atoms with Crippen molar-refractivity contribution in [2.45, 2.75) is 0 Å². The van der Waals surface area contributed by atoms with Gasteiger partial charge in [-0.1, -0.05) is 12.7 Å². The third kappa shape index (κ3) is 5.71. The van der Waals surface area contributed by atoms with E-state index in [4.69, 9.17) is 0 Å². The van der Waals surface area contributed by atoms with Crippen molar-refractivity contribution in [1.29, 1.82) is 0 Å². The monoisotopic (exact) mass is 115 g/mol. The van der Waals surface area contributed by atoms with Crippen LogP contribution in [0.2, 0.25) is 0 Å². The quantitative estimate of drug-likeness (QED) is 0.543. The molecule has 0 aromatic heterocycles. The molecule has 0 saturated heterocycles. The number of nitrogens with one attached hydrogen (secondary N) is 1. The second-order valence-corrected chi connectivity index (χ2v) is 1.48. The minimum atomic E-state index is 0.987. The lowest BCUT2D eigenvalue weighted by atomic mass is 10.7. The first-order valence-corrected chi connectivity index (χ1v) is 2.95. The minimum absolute atomic E-state index is 0.987. The number of hydrogen-bond acceptors (Lipinski definition) is 1. The van der Waals surface area contributed by atoms with Gasteiger partial charge in [0, 0.05) is 0 Å². The van der Waals surface area contributed by atoms with E-state index < -0.39 is 0 Å². The molecule has 0 spiro atoms. The van der Waals surface area contributed by atoms with Crippen molar-refractivity contribution < 1.29 is 0 Å². The Morgan fingerprint density at radius 1 is 1.71 bits per heavy atom. The summed E-state index contributed by atoms with van der Waals surface area (Å²) in [5, 5.41) is 2.82. The molecule has 0 radical (unpaired) electrons. The van der Waals surface area contributed by atoms with Gasteiger partial charge in [-0.05, 0) is 18.6 Å². The number of hydrogen-bond donors (Lipinski definition) is 1. The van der Waals surface area contributed by atoms with Crippen molar-refractivity contribution in [3.8, 4) is 0 Å². The van der Waals surface area contributed by atoms with E-state index in [1.807, 2.05) is 12.3 Å². The topological polar surface area (TPSA) is 12.0 Å². The summed E-state index contributed by atoms with van der Waals surface area (Å²) in [4.78, 5) is 0. The molecule has 1 unspecified atom stereocenters. The summed E-state index contributed by atoms with van der Waals surface area (Å²) in [6.45, 7) is 3.46. The van der Waals surface area contributed by atoms with Crippen molar-refractivity contribution in [3.05, 3.63) is 25.1 Å². The standard InChI is InChI=1S/C5H10NP/c1-2-6-4-3-5-7/h2-4,6H,1,5,7H2/b4-3-. The van der Waals surface area contributed by atoms with Crippen LogP contribution in [0, 0.1) is 0 Å². The molecule has 2 heteroatoms. The molecule has 0 aromatic rings. The predicted octanol–water partition coefficient (Wildman–Crippen LogP) is 1.11. The highest BCUT2D eigenvalue weighted by atomic mass is 31.0. The molecule has 0 aliphatic heterocycles. The maximum Gasteiger partial charge on any atom is -0.00325 e. The van der Waals surface area contributed by atoms with Crippen molar-refractivity contribution >= 4 is 9.24 Å². The Hall–Kier alpha value is -0.290. The fourth-order valence-corrected chi connectivity index (χ4v) is 0.340. The van der Waals surface area contributed by atoms with Crippen LogP contribution < -0.4 is 5.32 Å². The third-order valence-corrected chi connectivity index (χ3v) is 0.740. The van der Waals surface area contributed by atoms with E-state index in [9.17, 15) is 0 Å². The van der Waals surface area contributed by atoms with Gasteiger partial charge in [-0.3, -0.25) is 0 Å². The lowest BCUT2D eigenvalue weighted by Crippen LogP contribution is -1.88. The zero-order valence-corrected chi connectivity index (χ0v) is 5.38. The zero-order chi connectivity index (χ0) is 5.54. The molecule has 0 saturated carbocycles. The van der Waals surface area contributed by atoms with Gasteiger partial charge in [-0.2, -0.15) is 0 Å². The first kappa shape index (κ1) is 6.71. The molecule has 1 atom stereocenters. The smallest absolute Gasteiger partial charge is 0.00325 e. The first-order chi connectivity index (χ1) is 3.41. The Kier molecular flexibility index (Phi) is 5.47. The molecule has 40 valence electrons. The van der Waals surface area contributed by atoms with Crippen LogP contribution in [-0.4, -0.2) is 6.16 Å². The molecule has 0 fully saturated rings. The van der Waals surface area contributed by atoms with Crippen LogP contribution in [0.4, 0.5) is 0 Å². The Morgan fingerprint density at radius 3 is 2.86 bits per heavy atom. The molecule has 0 heterocycles. The summed E-state index contributed by atoms with van der Waals surface area (Å²) in [5.41, 5.74) is 0. The SMILES string of the molecule is C=CN/C=C\CP. The van der Waals surface area contributed by atoms with Crippen molar-refractivity contribution in [2.75, 3.05) is 6.16 Å². The average molecular weight is 115 g/mol. The highest BCUT2D eigenvalue weighted by molar-refractivity contribution is 7.16. The summed E-state index contributed by atoms with van der Waals surface area (Å²) in [5.74, 6) is 0. The maximum atomic E-state index is 3.46. The minimum Gasteiger partial charge on any atom is -0.369 e. The summed E-state index contributed by atoms with van der Waals surface area (Å²) in [6, 6.07) is 0. The molecule has 0 aliphatic carbocycles. The number of rotatable bonds is 3. The molecule has 0 rings (SSSR count). The van der Waals surface area contributed by atoms with E-state index in [-0.39, 0.29) is 0 Å². The molecule has 0 bridgehead atoms. The van der Waals surface area contributed by atoms with Gasteiger partial charge in [0.1, 0.15) is 0 Å². The fourth-order valence-electron chi connectivity index (χ4n) is 0.204. The largest absolute Gasteiger partial charge is 0.369 e. The zero-order valence-electron chi connectivity index (χ0n) is 4.22. The van der Waals surface area contributed by atoms with Gasteiger partial charge < -0.3 is 5.32 Å². The summed E-state index contributed by atoms with van der Waals surface area (Å²) >= 11 is 0. The van der Waals surface area contributed by atoms with Crippen LogP contribution in [0.15, 0.2) is 25.1 Å². The number of allylic oxidation sites excluding steroid dienone is 1. The molecule has 0 aromatic carbocycles. The van der Waals surface area contributed by atoms with Crippen LogP contribution in [0.1, 0.15) is 0 Å². The van der Waals surface area contributed by atoms with Gasteiger partial charge in [0.2, 0.25) is 0 Å². The Balaban J connectivity index is 2.92. The van der Waals surface area contributed by atoms with Gasteiger partial charge in [0.25, 0.3) is 0 Å². The van der Waals surface area contributed by atoms with Crippen LogP contribution in [-0.2, 0) is 0 Å². The van der Waals surface area contributed by atoms with E-state index >= 15 is 0 Å². The van der Waals surface area contributed by atoms with Crippen LogP contribution in [0.3, 0.4) is 0 Å². The Bertz CT molecular complexity index is 68.5. The van der Waals surface area contributed by atoms with E-state index in [0.29, 0.717) is 0 Å². The molecule has 1 nitrogen and oxygen atoms in total. The van der Waals surface area contributed by atoms with Gasteiger partial charge in [-0.15, -0.1) is 9.24 Å². The molecular formula is C5H10NP. The summed E-state index contributed by atoms with van der Waals surface area (Å²) < 4.78 is 0. The second kappa shape index (κ2) is 5.71. The normalized spacial score (nSPS) is 9.29. The Morgan fingerprint density at radius 2 is 2.43 bits per heavy atom. The van der Waals surface area contributed by atoms with Gasteiger partial charge in [0.15, 0.2) is 0 Å². The maximum absolute atomic E-state index is 3.46. The Labute approximate surface area is 46.7 Å². The first-order valence-electron chi connectivity index (χ1n) is 2.14. The molecule has 7 heavy (non-hydrogen) atoms. The second-order valence-electron chi connectivity index (χ2n) is 1.01. The van der Waals surface area contributed by atoms with Crippen molar-refractivity contribution in [2.24, 2.45) is 0 Å². The molecular weight excluding hydrogens is 105 g/mol. The van der Waals surface area contributed by atoms with Crippen LogP contribution >= 0.6 is 9.24 Å². The third-order valence-electron chi connectivity index (χ3n) is 0.468. The molecule has 1 N–H and O–H groups in total. The van der Waals surface area contributed by atoms with Crippen LogP contribution in [0.25, 0.3) is 0 Å². The van der Waals surface area contributed by atoms with E-state index in [0.717, 1.165) is 6.16 Å². The summed E-state index contributed by atoms with van der Waals surface area (Å²) in [6.07, 6.45) is 6.46. The van der Waals surface area contributed by atoms with Gasteiger partial charge in [0.05, 0.1) is 0 Å². The van der Waals surface area contributed by atoms with Crippen LogP contribution in [0.5, 0.6) is 0 Å². The van der Waals surface area contributed by atoms with Crippen molar-refractivity contribution in [3.63, 3.8) is 0 Å². The molecule has 0 aliphatic rings. The molecule has 0 amide bonds. The average Bonchev–Trinajstić information content (AvgIpc) is 1.69. The van der Waals surface area contributed by atoms with E-state index in [2.05, 4.69) is 21.1 Å². The van der Waals surface area contributed by atoms with E-state index in [1.54, 1.807) is 6.20 Å². The lowest BCUT2D eigenvalue weighted by molar-refractivity contribution is 1.20. The fraction of sp³-hybridized carbons (Fsp3) is 0.200. The van der Waals surface area contributed by atoms with Gasteiger partial charge >= 0.3 is 0 Å².